The Morgan fingerprint density at radius 2 is 1.44 bits per heavy atom. The Labute approximate surface area is 372 Å². The van der Waals surface area contributed by atoms with Gasteiger partial charge in [-0.15, -0.1) is 54.1 Å². The van der Waals surface area contributed by atoms with Crippen LogP contribution >= 0.6 is 0 Å². The minimum atomic E-state index is -1.30. The summed E-state index contributed by atoms with van der Waals surface area (Å²) in [5.74, 6) is 0.759. The molecule has 0 spiro atoms. The third-order valence-electron chi connectivity index (χ3n) is 11.1. The quantitative estimate of drug-likeness (QED) is 0.123. The van der Waals surface area contributed by atoms with Gasteiger partial charge in [0, 0.05) is 60.1 Å². The molecule has 10 aromatic rings. The van der Waals surface area contributed by atoms with Gasteiger partial charge in [-0.05, 0) is 77.0 Å². The van der Waals surface area contributed by atoms with Crippen LogP contribution < -0.4 is 5.19 Å². The van der Waals surface area contributed by atoms with Crippen LogP contribution in [0.25, 0.3) is 83.5 Å². The fraction of sp³-hybridized carbons (Fsp3) is 0.170. The number of furan rings is 1. The number of nitrogens with zero attached hydrogens (tertiary/aromatic N) is 5. The molecule has 10 rings (SSSR count). The van der Waals surface area contributed by atoms with Gasteiger partial charge in [0.05, 0.1) is 36.0 Å². The molecule has 5 aromatic carbocycles. The van der Waals surface area contributed by atoms with E-state index in [1.54, 1.807) is 0 Å². The van der Waals surface area contributed by atoms with Gasteiger partial charge >= 0.3 is 0 Å². The Balaban J connectivity index is 0.000000228. The molecule has 8 heteroatoms. The van der Waals surface area contributed by atoms with Crippen molar-refractivity contribution >= 4 is 57.3 Å². The largest absolute Gasteiger partial charge is 0.486 e. The zero-order valence-electron chi connectivity index (χ0n) is 35.5. The summed E-state index contributed by atoms with van der Waals surface area (Å²) in [5, 5.41) is 4.49. The van der Waals surface area contributed by atoms with Gasteiger partial charge in [0.15, 0.2) is 0 Å². The summed E-state index contributed by atoms with van der Waals surface area (Å²) >= 11 is 0. The first kappa shape index (κ1) is 41.7. The van der Waals surface area contributed by atoms with E-state index in [1.807, 2.05) is 60.8 Å². The van der Waals surface area contributed by atoms with Crippen molar-refractivity contribution in [3.63, 3.8) is 0 Å². The van der Waals surface area contributed by atoms with Crippen molar-refractivity contribution in [2.45, 2.75) is 59.2 Å². The molecule has 1 radical (unpaired) electrons. The molecule has 6 nitrogen and oxygen atoms in total. The van der Waals surface area contributed by atoms with E-state index >= 15 is 0 Å². The van der Waals surface area contributed by atoms with Crippen LogP contribution in [0, 0.1) is 12.1 Å². The molecule has 0 aliphatic heterocycles. The van der Waals surface area contributed by atoms with E-state index in [0.29, 0.717) is 5.71 Å². The molecule has 0 bridgehead atoms. The Morgan fingerprint density at radius 3 is 2.16 bits per heavy atom. The van der Waals surface area contributed by atoms with Crippen LogP contribution in [0.1, 0.15) is 39.0 Å². The summed E-state index contributed by atoms with van der Waals surface area (Å²) in [7, 11) is -1.30. The molecule has 61 heavy (non-hydrogen) atoms. The van der Waals surface area contributed by atoms with Crippen LogP contribution in [0.5, 0.6) is 0 Å². The van der Waals surface area contributed by atoms with Crippen molar-refractivity contribution in [1.29, 1.82) is 0 Å². The summed E-state index contributed by atoms with van der Waals surface area (Å²) in [5.41, 5.74) is 12.7. The predicted octanol–water partition coefficient (Wildman–Crippen LogP) is 13.0. The van der Waals surface area contributed by atoms with E-state index < -0.39 is 8.07 Å². The smallest absolute Gasteiger partial charge is 0.216 e. The minimum absolute atomic E-state index is 0. The van der Waals surface area contributed by atoms with Crippen LogP contribution in [0.3, 0.4) is 0 Å². The number of imidazole rings is 1. The minimum Gasteiger partial charge on any atom is -0.486 e. The molecule has 0 N–H and O–H groups in total. The molecule has 0 aliphatic rings. The van der Waals surface area contributed by atoms with Gasteiger partial charge in [-0.3, -0.25) is 9.97 Å². The van der Waals surface area contributed by atoms with Gasteiger partial charge in [0.25, 0.3) is 0 Å². The van der Waals surface area contributed by atoms with Crippen LogP contribution in [-0.4, -0.2) is 32.6 Å². The number of hydrogen-bond acceptors (Lipinski definition) is 5. The Kier molecular flexibility index (Phi) is 11.5. The molecular weight excluding hydrogens is 943 g/mol. The average Bonchev–Trinajstić information content (AvgIpc) is 3.85. The normalized spacial score (nSPS) is 11.8. The number of aromatic nitrogens is 5. The number of hydrogen-bond donors (Lipinski definition) is 0. The summed E-state index contributed by atoms with van der Waals surface area (Å²) in [4.78, 5) is 19.4. The number of aryl methyl sites for hydroxylation is 1. The molecule has 5 heterocycles. The standard InChI is InChI=1S/C37H27N4O.C16H20NSi.Ir/c1-37(2,3)32-21-18-27-26-11-7-12-29(34(26)42-36(27)40-32)35-39-31-20-19-30-28(13-8-22-38-30)33(31)41(35)25-16-14-24(15-17-25)23-9-5-4-6-10-23;1-5-13-11-15(14-9-7-6-8-10-14)17-12-16(13)18(2,3)4;/h4-11,13-22H,1-3H3;6-9,11-12H,5H2,1-4H3;/q2*-1;. The van der Waals surface area contributed by atoms with Gasteiger partial charge in [0.1, 0.15) is 0 Å². The Morgan fingerprint density at radius 1 is 0.689 bits per heavy atom. The number of pyridine rings is 3. The molecule has 5 aromatic heterocycles. The van der Waals surface area contributed by atoms with E-state index in [1.165, 1.54) is 16.3 Å². The number of fused-ring (bicyclic) bond motifs is 6. The van der Waals surface area contributed by atoms with Crippen molar-refractivity contribution in [3.8, 4) is 39.5 Å². The van der Waals surface area contributed by atoms with E-state index in [2.05, 4.69) is 159 Å². The molecular formula is C53H47IrN5OSi-2. The predicted molar refractivity (Wildman–Crippen MR) is 251 cm³/mol. The van der Waals surface area contributed by atoms with E-state index in [0.717, 1.165) is 84.3 Å². The first-order valence-corrected chi connectivity index (χ1v) is 24.1. The molecule has 0 atom stereocenters. The third kappa shape index (κ3) is 8.11. The van der Waals surface area contributed by atoms with Gasteiger partial charge < -0.3 is 14.0 Å². The summed E-state index contributed by atoms with van der Waals surface area (Å²) in [6.45, 7) is 15.8. The maximum absolute atomic E-state index is 6.52. The average molecular weight is 990 g/mol. The van der Waals surface area contributed by atoms with Crippen molar-refractivity contribution in [3.05, 3.63) is 169 Å². The Hall–Kier alpha value is -6.05. The summed E-state index contributed by atoms with van der Waals surface area (Å²) in [6, 6.07) is 52.4. The van der Waals surface area contributed by atoms with Crippen molar-refractivity contribution in [2.24, 2.45) is 0 Å². The first-order chi connectivity index (χ1) is 29.0. The fourth-order valence-electron chi connectivity index (χ4n) is 7.94. The second-order valence-electron chi connectivity index (χ2n) is 17.3. The molecule has 0 amide bonds. The van der Waals surface area contributed by atoms with Crippen LogP contribution in [0.4, 0.5) is 0 Å². The number of rotatable bonds is 6. The van der Waals surface area contributed by atoms with Crippen molar-refractivity contribution < 1.29 is 24.5 Å². The van der Waals surface area contributed by atoms with Gasteiger partial charge in [-0.25, -0.2) is 4.98 Å². The van der Waals surface area contributed by atoms with Crippen LogP contribution in [-0.2, 0) is 31.9 Å². The van der Waals surface area contributed by atoms with Gasteiger partial charge in [-0.1, -0.05) is 112 Å². The molecule has 305 valence electrons. The molecule has 0 aliphatic carbocycles. The second-order valence-corrected chi connectivity index (χ2v) is 22.3. The van der Waals surface area contributed by atoms with Gasteiger partial charge in [0.2, 0.25) is 5.71 Å². The maximum Gasteiger partial charge on any atom is 0.216 e. The molecule has 0 saturated heterocycles. The second kappa shape index (κ2) is 16.8. The topological polar surface area (TPSA) is 69.6 Å². The van der Waals surface area contributed by atoms with E-state index in [4.69, 9.17) is 14.4 Å². The first-order valence-electron chi connectivity index (χ1n) is 20.6. The maximum atomic E-state index is 6.52. The van der Waals surface area contributed by atoms with Crippen molar-refractivity contribution in [1.82, 2.24) is 24.5 Å². The number of benzene rings is 5. The van der Waals surface area contributed by atoms with E-state index in [9.17, 15) is 0 Å². The fourth-order valence-corrected chi connectivity index (χ4v) is 9.61. The van der Waals surface area contributed by atoms with Crippen LogP contribution in [0.2, 0.25) is 19.6 Å². The molecule has 0 fully saturated rings. The Bertz CT molecular complexity index is 3140. The zero-order valence-corrected chi connectivity index (χ0v) is 38.9. The third-order valence-corrected chi connectivity index (χ3v) is 13.2. The zero-order chi connectivity index (χ0) is 41.6. The van der Waals surface area contributed by atoms with Crippen LogP contribution in [0.15, 0.2) is 150 Å². The summed E-state index contributed by atoms with van der Waals surface area (Å²) in [6.07, 6.45) is 4.98. The summed E-state index contributed by atoms with van der Waals surface area (Å²) < 4.78 is 8.73. The molecule has 0 unspecified atom stereocenters. The molecule has 0 saturated carbocycles. The van der Waals surface area contributed by atoms with Gasteiger partial charge in [-0.2, -0.15) is 0 Å². The SMILES string of the molecule is CC(C)(C)c1ccc2c(n1)oc1c(-c3nc4ccc5ncccc5c4n3-c3ccc(-c4ccccc4)cc3)[c-]ccc12.CCc1cc(-c2[c-]cccc2)ncc1[Si](C)(C)C.[Ir]. The monoisotopic (exact) mass is 990 g/mol. The van der Waals surface area contributed by atoms with E-state index in [-0.39, 0.29) is 25.5 Å². The van der Waals surface area contributed by atoms with Crippen molar-refractivity contribution in [2.75, 3.05) is 0 Å².